The summed E-state index contributed by atoms with van der Waals surface area (Å²) in [5.74, 6) is 0.423. The van der Waals surface area contributed by atoms with Gasteiger partial charge in [-0.15, -0.1) is 0 Å². The maximum atomic E-state index is 10.8. The number of nitrogens with two attached hydrogens (primary N) is 1. The Labute approximate surface area is 88.5 Å². The Morgan fingerprint density at radius 2 is 2.27 bits per heavy atom. The van der Waals surface area contributed by atoms with Gasteiger partial charge in [-0.05, 0) is 41.7 Å². The molecule has 0 unspecified atom stereocenters. The molecule has 0 spiro atoms. The first-order valence-electron chi connectivity index (χ1n) is 4.88. The fraction of sp³-hybridized carbons (Fsp3) is 0.250. The topological polar surface area (TPSA) is 52.3 Å². The van der Waals surface area contributed by atoms with Crippen molar-refractivity contribution in [1.82, 2.24) is 0 Å². The molecule has 1 aromatic rings. The minimum atomic E-state index is -0.388. The lowest BCUT2D eigenvalue weighted by Crippen LogP contribution is -2.06. The molecular weight excluding hydrogens is 190 g/mol. The third kappa shape index (κ3) is 1.86. The number of methoxy groups -OCH3 is 1. The third-order valence-electron chi connectivity index (χ3n) is 2.64. The second kappa shape index (κ2) is 3.77. The number of benzene rings is 1. The van der Waals surface area contributed by atoms with Crippen molar-refractivity contribution in [3.8, 4) is 5.75 Å². The molecule has 1 aliphatic carbocycles. The summed E-state index contributed by atoms with van der Waals surface area (Å²) in [5.41, 5.74) is 8.51. The van der Waals surface area contributed by atoms with Crippen molar-refractivity contribution in [3.05, 3.63) is 35.4 Å². The Balaban J connectivity index is 2.44. The maximum Gasteiger partial charge on any atom is 0.241 e. The molecule has 78 valence electrons. The molecule has 1 amide bonds. The van der Waals surface area contributed by atoms with E-state index in [1.165, 1.54) is 11.6 Å². The minimum absolute atomic E-state index is 0.388. The van der Waals surface area contributed by atoms with Gasteiger partial charge < -0.3 is 10.5 Å². The first-order valence-corrected chi connectivity index (χ1v) is 4.88. The van der Waals surface area contributed by atoms with E-state index in [1.807, 2.05) is 18.2 Å². The number of ether oxygens (including phenoxy) is 1. The van der Waals surface area contributed by atoms with Crippen molar-refractivity contribution in [2.24, 2.45) is 5.73 Å². The van der Waals surface area contributed by atoms with Crippen LogP contribution in [0.1, 0.15) is 17.5 Å². The molecule has 0 aliphatic heterocycles. The summed E-state index contributed by atoms with van der Waals surface area (Å²) in [6.45, 7) is 0. The van der Waals surface area contributed by atoms with Crippen molar-refractivity contribution >= 4 is 11.5 Å². The monoisotopic (exact) mass is 203 g/mol. The van der Waals surface area contributed by atoms with Gasteiger partial charge in [0.1, 0.15) is 5.75 Å². The summed E-state index contributed by atoms with van der Waals surface area (Å²) in [6.07, 6.45) is 3.36. The van der Waals surface area contributed by atoms with E-state index in [0.29, 0.717) is 0 Å². The predicted octanol–water partition coefficient (Wildman–Crippen LogP) is 1.51. The van der Waals surface area contributed by atoms with Gasteiger partial charge in [0, 0.05) is 6.08 Å². The number of primary amides is 1. The molecule has 1 aliphatic rings. The SMILES string of the molecule is COc1ccc2c(c1)/C(=C\C(N)=O)CC2. The molecule has 0 fully saturated rings. The third-order valence-corrected chi connectivity index (χ3v) is 2.64. The fourth-order valence-corrected chi connectivity index (χ4v) is 1.93. The molecule has 1 aromatic carbocycles. The molecule has 0 heterocycles. The van der Waals surface area contributed by atoms with E-state index in [0.717, 1.165) is 29.7 Å². The lowest BCUT2D eigenvalue weighted by Gasteiger charge is -2.04. The number of amides is 1. The predicted molar refractivity (Wildman–Crippen MR) is 58.5 cm³/mol. The van der Waals surface area contributed by atoms with Crippen molar-refractivity contribution in [1.29, 1.82) is 0 Å². The van der Waals surface area contributed by atoms with Crippen LogP contribution in [-0.2, 0) is 11.2 Å². The van der Waals surface area contributed by atoms with Crippen molar-refractivity contribution < 1.29 is 9.53 Å². The lowest BCUT2D eigenvalue weighted by atomic mass is 10.1. The second-order valence-corrected chi connectivity index (χ2v) is 3.60. The summed E-state index contributed by atoms with van der Waals surface area (Å²) < 4.78 is 5.15. The van der Waals surface area contributed by atoms with Crippen molar-refractivity contribution in [2.45, 2.75) is 12.8 Å². The highest BCUT2D eigenvalue weighted by Crippen LogP contribution is 2.34. The Bertz CT molecular complexity index is 435. The van der Waals surface area contributed by atoms with Crippen LogP contribution in [-0.4, -0.2) is 13.0 Å². The number of carbonyl (C=O) groups is 1. The Morgan fingerprint density at radius 1 is 1.47 bits per heavy atom. The summed E-state index contributed by atoms with van der Waals surface area (Å²) in [7, 11) is 1.63. The summed E-state index contributed by atoms with van der Waals surface area (Å²) in [6, 6.07) is 5.93. The molecule has 3 nitrogen and oxygen atoms in total. The van der Waals surface area contributed by atoms with Crippen molar-refractivity contribution in [3.63, 3.8) is 0 Å². The Kier molecular flexibility index (Phi) is 2.46. The van der Waals surface area contributed by atoms with Crippen LogP contribution in [0.25, 0.3) is 5.57 Å². The standard InChI is InChI=1S/C12H13NO2/c1-15-10-5-4-8-2-3-9(6-12(13)14)11(8)7-10/h4-7H,2-3H2,1H3,(H2,13,14)/b9-6-. The molecule has 0 aromatic heterocycles. The zero-order valence-electron chi connectivity index (χ0n) is 8.62. The van der Waals surface area contributed by atoms with Gasteiger partial charge in [-0.25, -0.2) is 0 Å². The van der Waals surface area contributed by atoms with Crippen LogP contribution in [0.4, 0.5) is 0 Å². The van der Waals surface area contributed by atoms with Crippen LogP contribution in [0.15, 0.2) is 24.3 Å². The molecule has 0 radical (unpaired) electrons. The van der Waals surface area contributed by atoms with E-state index in [1.54, 1.807) is 7.11 Å². The van der Waals surface area contributed by atoms with Crippen LogP contribution in [0.2, 0.25) is 0 Å². The number of allylic oxidation sites excluding steroid dienone is 1. The molecule has 15 heavy (non-hydrogen) atoms. The van der Waals surface area contributed by atoms with Gasteiger partial charge in [0.15, 0.2) is 0 Å². The number of fused-ring (bicyclic) bond motifs is 1. The van der Waals surface area contributed by atoms with Gasteiger partial charge in [-0.2, -0.15) is 0 Å². The number of rotatable bonds is 2. The van der Waals surface area contributed by atoms with Gasteiger partial charge in [0.2, 0.25) is 5.91 Å². The molecule has 2 rings (SSSR count). The van der Waals surface area contributed by atoms with Crippen LogP contribution >= 0.6 is 0 Å². The Hall–Kier alpha value is -1.77. The highest BCUT2D eigenvalue weighted by atomic mass is 16.5. The van der Waals surface area contributed by atoms with Crippen molar-refractivity contribution in [2.75, 3.05) is 7.11 Å². The van der Waals surface area contributed by atoms with E-state index < -0.39 is 0 Å². The van der Waals surface area contributed by atoms with Gasteiger partial charge in [-0.1, -0.05) is 6.07 Å². The summed E-state index contributed by atoms with van der Waals surface area (Å²) in [4.78, 5) is 10.8. The first kappa shape index (κ1) is 9.77. The smallest absolute Gasteiger partial charge is 0.241 e. The van der Waals surface area contributed by atoms with Gasteiger partial charge in [-0.3, -0.25) is 4.79 Å². The normalized spacial score (nSPS) is 16.5. The molecule has 3 heteroatoms. The van der Waals surface area contributed by atoms with E-state index in [-0.39, 0.29) is 5.91 Å². The van der Waals surface area contributed by atoms with E-state index in [2.05, 4.69) is 0 Å². The number of carbonyl (C=O) groups excluding carboxylic acids is 1. The second-order valence-electron chi connectivity index (χ2n) is 3.60. The average Bonchev–Trinajstić information content (AvgIpc) is 2.60. The molecular formula is C12H13NO2. The zero-order chi connectivity index (χ0) is 10.8. The Morgan fingerprint density at radius 3 is 2.93 bits per heavy atom. The highest BCUT2D eigenvalue weighted by Gasteiger charge is 2.17. The lowest BCUT2D eigenvalue weighted by molar-refractivity contribution is -0.113. The van der Waals surface area contributed by atoms with E-state index >= 15 is 0 Å². The average molecular weight is 203 g/mol. The zero-order valence-corrected chi connectivity index (χ0v) is 8.62. The number of aryl methyl sites for hydroxylation is 1. The molecule has 0 bridgehead atoms. The van der Waals surface area contributed by atoms with E-state index in [4.69, 9.17) is 10.5 Å². The maximum absolute atomic E-state index is 10.8. The van der Waals surface area contributed by atoms with Crippen LogP contribution in [0.3, 0.4) is 0 Å². The highest BCUT2D eigenvalue weighted by molar-refractivity contribution is 5.95. The summed E-state index contributed by atoms with van der Waals surface area (Å²) >= 11 is 0. The largest absolute Gasteiger partial charge is 0.497 e. The molecule has 0 saturated carbocycles. The van der Waals surface area contributed by atoms with Crippen LogP contribution in [0, 0.1) is 0 Å². The van der Waals surface area contributed by atoms with Crippen LogP contribution < -0.4 is 10.5 Å². The molecule has 0 atom stereocenters. The van der Waals surface area contributed by atoms with E-state index in [9.17, 15) is 4.79 Å². The van der Waals surface area contributed by atoms with Gasteiger partial charge in [0.05, 0.1) is 7.11 Å². The fourth-order valence-electron chi connectivity index (χ4n) is 1.93. The summed E-state index contributed by atoms with van der Waals surface area (Å²) in [5, 5.41) is 0. The minimum Gasteiger partial charge on any atom is -0.497 e. The van der Waals surface area contributed by atoms with Gasteiger partial charge in [0.25, 0.3) is 0 Å². The molecule has 0 saturated heterocycles. The molecule has 2 N–H and O–H groups in total. The first-order chi connectivity index (χ1) is 7.20. The van der Waals surface area contributed by atoms with Crippen LogP contribution in [0.5, 0.6) is 5.75 Å². The number of hydrogen-bond acceptors (Lipinski definition) is 2. The van der Waals surface area contributed by atoms with Gasteiger partial charge >= 0.3 is 0 Å². The number of hydrogen-bond donors (Lipinski definition) is 1. The quantitative estimate of drug-likeness (QED) is 0.741.